The van der Waals surface area contributed by atoms with Crippen LogP contribution in [0.25, 0.3) is 6.08 Å². The minimum absolute atomic E-state index is 0.0372. The zero-order chi connectivity index (χ0) is 14.4. The van der Waals surface area contributed by atoms with Crippen molar-refractivity contribution in [1.82, 2.24) is 10.2 Å². The summed E-state index contributed by atoms with van der Waals surface area (Å²) < 4.78 is 12.8. The minimum atomic E-state index is -0.264. The summed E-state index contributed by atoms with van der Waals surface area (Å²) in [7, 11) is 1.94. The maximum absolute atomic E-state index is 12.8. The average molecular weight is 276 g/mol. The Kier molecular flexibility index (Phi) is 5.30. The molecule has 3 nitrogen and oxygen atoms in total. The van der Waals surface area contributed by atoms with Gasteiger partial charge in [-0.15, -0.1) is 0 Å². The van der Waals surface area contributed by atoms with E-state index < -0.39 is 0 Å². The standard InChI is InChI=1S/C16H21FN2O/c1-18-11-14-3-2-10-19(12-14)16(20)9-6-13-4-7-15(17)8-5-13/h4-9,14,18H,2-3,10-12H2,1H3/b9-6+/t14-/m0/s1. The molecule has 0 aromatic heterocycles. The van der Waals surface area contributed by atoms with Gasteiger partial charge in [0.15, 0.2) is 0 Å². The van der Waals surface area contributed by atoms with Crippen molar-refractivity contribution in [3.63, 3.8) is 0 Å². The molecule has 0 unspecified atom stereocenters. The van der Waals surface area contributed by atoms with Gasteiger partial charge in [-0.05, 0) is 56.1 Å². The lowest BCUT2D eigenvalue weighted by Crippen LogP contribution is -2.41. The molecule has 0 bridgehead atoms. The molecule has 0 spiro atoms. The molecule has 1 N–H and O–H groups in total. The van der Waals surface area contributed by atoms with E-state index in [4.69, 9.17) is 0 Å². The Morgan fingerprint density at radius 1 is 1.45 bits per heavy atom. The third-order valence-electron chi connectivity index (χ3n) is 3.61. The van der Waals surface area contributed by atoms with Crippen molar-refractivity contribution in [3.8, 4) is 0 Å². The molecule has 0 radical (unpaired) electrons. The maximum Gasteiger partial charge on any atom is 0.246 e. The van der Waals surface area contributed by atoms with Crippen LogP contribution in [0.4, 0.5) is 4.39 Å². The predicted octanol–water partition coefficient (Wildman–Crippen LogP) is 2.30. The summed E-state index contributed by atoms with van der Waals surface area (Å²) in [6, 6.07) is 6.13. The molecule has 0 aliphatic carbocycles. The van der Waals surface area contributed by atoms with Crippen LogP contribution in [0.5, 0.6) is 0 Å². The fraction of sp³-hybridized carbons (Fsp3) is 0.438. The Bertz CT molecular complexity index is 468. The Morgan fingerprint density at radius 3 is 2.90 bits per heavy atom. The predicted molar refractivity (Wildman–Crippen MR) is 78.7 cm³/mol. The fourth-order valence-corrected chi connectivity index (χ4v) is 2.57. The van der Waals surface area contributed by atoms with Crippen LogP contribution in [0.3, 0.4) is 0 Å². The molecule has 1 amide bonds. The second-order valence-electron chi connectivity index (χ2n) is 5.24. The third-order valence-corrected chi connectivity index (χ3v) is 3.61. The molecule has 2 rings (SSSR count). The monoisotopic (exact) mass is 276 g/mol. The summed E-state index contributed by atoms with van der Waals surface area (Å²) in [4.78, 5) is 14.0. The van der Waals surface area contributed by atoms with E-state index in [2.05, 4.69) is 5.32 Å². The number of carbonyl (C=O) groups excluding carboxylic acids is 1. The molecule has 1 heterocycles. The first-order valence-corrected chi connectivity index (χ1v) is 7.06. The van der Waals surface area contributed by atoms with Crippen LogP contribution in [0.1, 0.15) is 18.4 Å². The molecule has 1 fully saturated rings. The van der Waals surface area contributed by atoms with Crippen LogP contribution in [0, 0.1) is 11.7 Å². The summed E-state index contributed by atoms with van der Waals surface area (Å²) in [5, 5.41) is 3.17. The quantitative estimate of drug-likeness (QED) is 0.856. The number of hydrogen-bond donors (Lipinski definition) is 1. The van der Waals surface area contributed by atoms with E-state index in [0.717, 1.165) is 31.6 Å². The van der Waals surface area contributed by atoms with Gasteiger partial charge in [0.1, 0.15) is 5.82 Å². The zero-order valence-corrected chi connectivity index (χ0v) is 11.8. The highest BCUT2D eigenvalue weighted by molar-refractivity contribution is 5.91. The van der Waals surface area contributed by atoms with Crippen molar-refractivity contribution in [1.29, 1.82) is 0 Å². The number of amides is 1. The second-order valence-corrected chi connectivity index (χ2v) is 5.24. The highest BCUT2D eigenvalue weighted by Gasteiger charge is 2.21. The summed E-state index contributed by atoms with van der Waals surface area (Å²) in [6.45, 7) is 2.59. The van der Waals surface area contributed by atoms with E-state index >= 15 is 0 Å². The van der Waals surface area contributed by atoms with Crippen molar-refractivity contribution in [2.75, 3.05) is 26.7 Å². The summed E-state index contributed by atoms with van der Waals surface area (Å²) in [5.74, 6) is 0.312. The molecule has 4 heteroatoms. The van der Waals surface area contributed by atoms with Gasteiger partial charge in [-0.25, -0.2) is 4.39 Å². The van der Waals surface area contributed by atoms with Crippen molar-refractivity contribution in [2.45, 2.75) is 12.8 Å². The number of hydrogen-bond acceptors (Lipinski definition) is 2. The van der Waals surface area contributed by atoms with E-state index in [0.29, 0.717) is 5.92 Å². The Balaban J connectivity index is 1.92. The maximum atomic E-state index is 12.8. The molecule has 1 aliphatic heterocycles. The van der Waals surface area contributed by atoms with E-state index in [9.17, 15) is 9.18 Å². The van der Waals surface area contributed by atoms with E-state index in [1.165, 1.54) is 18.6 Å². The molecule has 108 valence electrons. The van der Waals surface area contributed by atoms with Crippen LogP contribution in [0.15, 0.2) is 30.3 Å². The van der Waals surface area contributed by atoms with Gasteiger partial charge < -0.3 is 10.2 Å². The van der Waals surface area contributed by atoms with Crippen LogP contribution < -0.4 is 5.32 Å². The van der Waals surface area contributed by atoms with Gasteiger partial charge in [-0.2, -0.15) is 0 Å². The Hall–Kier alpha value is -1.68. The van der Waals surface area contributed by atoms with E-state index in [1.807, 2.05) is 11.9 Å². The first-order chi connectivity index (χ1) is 9.69. The number of piperidine rings is 1. The SMILES string of the molecule is CNC[C@@H]1CCCN(C(=O)/C=C/c2ccc(F)cc2)C1. The van der Waals surface area contributed by atoms with Crippen molar-refractivity contribution < 1.29 is 9.18 Å². The molecule has 1 atom stereocenters. The van der Waals surface area contributed by atoms with Gasteiger partial charge in [0, 0.05) is 19.2 Å². The highest BCUT2D eigenvalue weighted by Crippen LogP contribution is 2.16. The van der Waals surface area contributed by atoms with Crippen LogP contribution >= 0.6 is 0 Å². The first-order valence-electron chi connectivity index (χ1n) is 7.06. The molecule has 1 aliphatic rings. The van der Waals surface area contributed by atoms with Gasteiger partial charge in [-0.1, -0.05) is 12.1 Å². The lowest BCUT2D eigenvalue weighted by Gasteiger charge is -2.32. The smallest absolute Gasteiger partial charge is 0.246 e. The molecule has 20 heavy (non-hydrogen) atoms. The largest absolute Gasteiger partial charge is 0.339 e. The van der Waals surface area contributed by atoms with Crippen LogP contribution in [0.2, 0.25) is 0 Å². The zero-order valence-electron chi connectivity index (χ0n) is 11.8. The number of nitrogens with one attached hydrogen (secondary N) is 1. The van der Waals surface area contributed by atoms with Crippen molar-refractivity contribution in [3.05, 3.63) is 41.7 Å². The molecular formula is C16H21FN2O. The van der Waals surface area contributed by atoms with Gasteiger partial charge in [0.2, 0.25) is 5.91 Å². The van der Waals surface area contributed by atoms with Crippen LogP contribution in [-0.4, -0.2) is 37.5 Å². The number of rotatable bonds is 4. The number of likely N-dealkylation sites (tertiary alicyclic amines) is 1. The van der Waals surface area contributed by atoms with Gasteiger partial charge in [-0.3, -0.25) is 4.79 Å². The summed E-state index contributed by atoms with van der Waals surface area (Å²) in [5.41, 5.74) is 0.837. The number of nitrogens with zero attached hydrogens (tertiary/aromatic N) is 1. The highest BCUT2D eigenvalue weighted by atomic mass is 19.1. The third kappa shape index (κ3) is 4.17. The molecule has 0 saturated carbocycles. The molecule has 1 saturated heterocycles. The van der Waals surface area contributed by atoms with Gasteiger partial charge >= 0.3 is 0 Å². The second kappa shape index (κ2) is 7.20. The molecule has 1 aromatic carbocycles. The van der Waals surface area contributed by atoms with Gasteiger partial charge in [0.25, 0.3) is 0 Å². The molecule has 1 aromatic rings. The lowest BCUT2D eigenvalue weighted by atomic mass is 9.98. The number of benzene rings is 1. The van der Waals surface area contributed by atoms with Crippen LogP contribution in [-0.2, 0) is 4.79 Å². The average Bonchev–Trinajstić information content (AvgIpc) is 2.47. The van der Waals surface area contributed by atoms with E-state index in [-0.39, 0.29) is 11.7 Å². The Morgan fingerprint density at radius 2 is 2.20 bits per heavy atom. The summed E-state index contributed by atoms with van der Waals surface area (Å²) in [6.07, 6.45) is 5.55. The minimum Gasteiger partial charge on any atom is -0.339 e. The molecular weight excluding hydrogens is 255 g/mol. The van der Waals surface area contributed by atoms with Crippen molar-refractivity contribution >= 4 is 12.0 Å². The summed E-state index contributed by atoms with van der Waals surface area (Å²) >= 11 is 0. The lowest BCUT2D eigenvalue weighted by molar-refractivity contribution is -0.127. The normalized spacial score (nSPS) is 19.5. The number of carbonyl (C=O) groups is 1. The van der Waals surface area contributed by atoms with Crippen molar-refractivity contribution in [2.24, 2.45) is 5.92 Å². The van der Waals surface area contributed by atoms with E-state index in [1.54, 1.807) is 24.3 Å². The first kappa shape index (κ1) is 14.7. The fourth-order valence-electron chi connectivity index (χ4n) is 2.57. The topological polar surface area (TPSA) is 32.3 Å². The Labute approximate surface area is 119 Å². The van der Waals surface area contributed by atoms with Gasteiger partial charge in [0.05, 0.1) is 0 Å². The number of halogens is 1.